The lowest BCUT2D eigenvalue weighted by atomic mass is 10.1. The van der Waals surface area contributed by atoms with Gasteiger partial charge in [0.15, 0.2) is 0 Å². The summed E-state index contributed by atoms with van der Waals surface area (Å²) in [5.74, 6) is 0.547. The number of nitrogens with zero attached hydrogens (tertiary/aromatic N) is 1. The van der Waals surface area contributed by atoms with E-state index < -0.39 is 0 Å². The monoisotopic (exact) mass is 226 g/mol. The Labute approximate surface area is 97.1 Å². The van der Waals surface area contributed by atoms with E-state index in [1.165, 1.54) is 10.7 Å². The number of aromatic nitrogens is 1. The largest absolute Gasteiger partial charge is 0.312 e. The zero-order chi connectivity index (χ0) is 11.5. The molecular weight excluding hydrogens is 204 g/mol. The molecule has 1 heterocycles. The van der Waals surface area contributed by atoms with Crippen LogP contribution in [0, 0.1) is 0 Å². The van der Waals surface area contributed by atoms with Gasteiger partial charge in [0.1, 0.15) is 0 Å². The molecule has 0 aromatic carbocycles. The molecule has 0 aliphatic rings. The van der Waals surface area contributed by atoms with E-state index in [4.69, 9.17) is 0 Å². The van der Waals surface area contributed by atoms with Gasteiger partial charge in [-0.05, 0) is 26.7 Å². The number of hydrogen-bond donors (Lipinski definition) is 1. The zero-order valence-electron chi connectivity index (χ0n) is 10.4. The molecule has 0 aliphatic heterocycles. The van der Waals surface area contributed by atoms with Crippen molar-refractivity contribution >= 4 is 11.3 Å². The van der Waals surface area contributed by atoms with Crippen LogP contribution in [0.4, 0.5) is 0 Å². The maximum Gasteiger partial charge on any atom is 0.0941 e. The lowest BCUT2D eigenvalue weighted by molar-refractivity contribution is 0.429. The second-order valence-electron chi connectivity index (χ2n) is 5.25. The predicted molar refractivity (Wildman–Crippen MR) is 67.7 cm³/mol. The molecule has 1 aromatic rings. The Kier molecular flexibility index (Phi) is 4.29. The van der Waals surface area contributed by atoms with Gasteiger partial charge >= 0.3 is 0 Å². The molecular formula is C12H22N2S. The van der Waals surface area contributed by atoms with Crippen LogP contribution in [0.3, 0.4) is 0 Å². The van der Waals surface area contributed by atoms with Crippen LogP contribution in [0.1, 0.15) is 51.2 Å². The molecule has 3 heteroatoms. The Hall–Kier alpha value is -0.410. The second kappa shape index (κ2) is 5.08. The Balaban J connectivity index is 2.38. The summed E-state index contributed by atoms with van der Waals surface area (Å²) in [6, 6.07) is 0. The summed E-state index contributed by atoms with van der Waals surface area (Å²) in [6.45, 7) is 11.9. The van der Waals surface area contributed by atoms with Crippen LogP contribution in [0.25, 0.3) is 0 Å². The minimum absolute atomic E-state index is 0.206. The van der Waals surface area contributed by atoms with Gasteiger partial charge in [-0.2, -0.15) is 0 Å². The molecule has 0 aliphatic carbocycles. The molecule has 0 saturated heterocycles. The highest BCUT2D eigenvalue weighted by molar-refractivity contribution is 7.09. The van der Waals surface area contributed by atoms with Crippen molar-refractivity contribution in [3.63, 3.8) is 0 Å². The Morgan fingerprint density at radius 2 is 2.07 bits per heavy atom. The van der Waals surface area contributed by atoms with Crippen LogP contribution >= 0.6 is 11.3 Å². The molecule has 2 nitrogen and oxygen atoms in total. The van der Waals surface area contributed by atoms with E-state index in [1.54, 1.807) is 11.3 Å². The molecule has 0 bridgehead atoms. The highest BCUT2D eigenvalue weighted by Crippen LogP contribution is 2.17. The Morgan fingerprint density at radius 3 is 2.53 bits per heavy atom. The van der Waals surface area contributed by atoms with E-state index in [0.29, 0.717) is 5.92 Å². The van der Waals surface area contributed by atoms with Gasteiger partial charge in [0, 0.05) is 23.9 Å². The van der Waals surface area contributed by atoms with Crippen molar-refractivity contribution in [3.8, 4) is 0 Å². The molecule has 0 fully saturated rings. The summed E-state index contributed by atoms with van der Waals surface area (Å²) in [7, 11) is 0. The highest BCUT2D eigenvalue weighted by Gasteiger charge is 2.09. The SMILES string of the molecule is CC(C)c1csc(CCNC(C)(C)C)n1. The predicted octanol–water partition coefficient (Wildman–Crippen LogP) is 3.20. The molecule has 86 valence electrons. The Morgan fingerprint density at radius 1 is 1.40 bits per heavy atom. The van der Waals surface area contributed by atoms with Crippen molar-refractivity contribution < 1.29 is 0 Å². The van der Waals surface area contributed by atoms with Crippen molar-refractivity contribution in [2.75, 3.05) is 6.54 Å². The van der Waals surface area contributed by atoms with Crippen molar-refractivity contribution in [1.29, 1.82) is 0 Å². The molecule has 0 radical (unpaired) electrons. The fraction of sp³-hybridized carbons (Fsp3) is 0.750. The maximum absolute atomic E-state index is 4.61. The molecule has 1 aromatic heterocycles. The fourth-order valence-electron chi connectivity index (χ4n) is 1.25. The van der Waals surface area contributed by atoms with Crippen molar-refractivity contribution in [2.24, 2.45) is 0 Å². The summed E-state index contributed by atoms with van der Waals surface area (Å²) in [6.07, 6.45) is 1.04. The molecule has 1 N–H and O–H groups in total. The van der Waals surface area contributed by atoms with Gasteiger partial charge in [0.25, 0.3) is 0 Å². The van der Waals surface area contributed by atoms with Gasteiger partial charge < -0.3 is 5.32 Å². The lowest BCUT2D eigenvalue weighted by Crippen LogP contribution is -2.37. The van der Waals surface area contributed by atoms with Gasteiger partial charge in [0.05, 0.1) is 10.7 Å². The first-order valence-corrected chi connectivity index (χ1v) is 6.46. The van der Waals surface area contributed by atoms with Gasteiger partial charge in [-0.3, -0.25) is 0 Å². The first-order valence-electron chi connectivity index (χ1n) is 5.58. The van der Waals surface area contributed by atoms with Crippen molar-refractivity contribution in [3.05, 3.63) is 16.1 Å². The average Bonchev–Trinajstić information content (AvgIpc) is 2.50. The molecule has 1 rings (SSSR count). The number of hydrogen-bond acceptors (Lipinski definition) is 3. The normalized spacial score (nSPS) is 12.4. The van der Waals surface area contributed by atoms with Crippen molar-refractivity contribution in [1.82, 2.24) is 10.3 Å². The molecule has 0 unspecified atom stereocenters. The van der Waals surface area contributed by atoms with E-state index in [1.807, 2.05) is 0 Å². The van der Waals surface area contributed by atoms with Crippen LogP contribution in [0.5, 0.6) is 0 Å². The second-order valence-corrected chi connectivity index (χ2v) is 6.19. The van der Waals surface area contributed by atoms with Gasteiger partial charge in [-0.1, -0.05) is 13.8 Å². The standard InChI is InChI=1S/C12H22N2S/c1-9(2)10-8-15-11(14-10)6-7-13-12(3,4)5/h8-9,13H,6-7H2,1-5H3. The highest BCUT2D eigenvalue weighted by atomic mass is 32.1. The van der Waals surface area contributed by atoms with Gasteiger partial charge in [0.2, 0.25) is 0 Å². The van der Waals surface area contributed by atoms with Crippen LogP contribution in [0.15, 0.2) is 5.38 Å². The minimum atomic E-state index is 0.206. The third-order valence-electron chi connectivity index (χ3n) is 2.16. The number of thiazole rings is 1. The molecule has 15 heavy (non-hydrogen) atoms. The molecule has 0 amide bonds. The summed E-state index contributed by atoms with van der Waals surface area (Å²) >= 11 is 1.78. The first-order chi connectivity index (χ1) is 6.88. The minimum Gasteiger partial charge on any atom is -0.312 e. The molecule has 0 saturated carbocycles. The topological polar surface area (TPSA) is 24.9 Å². The average molecular weight is 226 g/mol. The van der Waals surface area contributed by atoms with Crippen molar-refractivity contribution in [2.45, 2.75) is 52.5 Å². The first kappa shape index (κ1) is 12.7. The fourth-order valence-corrected chi connectivity index (χ4v) is 2.21. The van der Waals surface area contributed by atoms with E-state index in [-0.39, 0.29) is 5.54 Å². The van der Waals surface area contributed by atoms with Crippen LogP contribution in [-0.2, 0) is 6.42 Å². The van der Waals surface area contributed by atoms with Crippen LogP contribution < -0.4 is 5.32 Å². The van der Waals surface area contributed by atoms with E-state index in [9.17, 15) is 0 Å². The van der Waals surface area contributed by atoms with Crippen LogP contribution in [-0.4, -0.2) is 17.1 Å². The summed E-state index contributed by atoms with van der Waals surface area (Å²) in [4.78, 5) is 4.61. The number of rotatable bonds is 4. The van der Waals surface area contributed by atoms with Crippen LogP contribution in [0.2, 0.25) is 0 Å². The Bertz CT molecular complexity index is 297. The zero-order valence-corrected chi connectivity index (χ0v) is 11.2. The van der Waals surface area contributed by atoms with Gasteiger partial charge in [-0.15, -0.1) is 11.3 Å². The summed E-state index contributed by atoms with van der Waals surface area (Å²) in [5.41, 5.74) is 1.43. The molecule has 0 atom stereocenters. The maximum atomic E-state index is 4.61. The van der Waals surface area contributed by atoms with E-state index in [2.05, 4.69) is 50.3 Å². The lowest BCUT2D eigenvalue weighted by Gasteiger charge is -2.19. The third kappa shape index (κ3) is 4.76. The summed E-state index contributed by atoms with van der Waals surface area (Å²) < 4.78 is 0. The molecule has 0 spiro atoms. The van der Waals surface area contributed by atoms with Gasteiger partial charge in [-0.25, -0.2) is 4.98 Å². The smallest absolute Gasteiger partial charge is 0.0941 e. The summed E-state index contributed by atoms with van der Waals surface area (Å²) in [5, 5.41) is 6.90. The number of nitrogens with one attached hydrogen (secondary N) is 1. The third-order valence-corrected chi connectivity index (χ3v) is 3.08. The van der Waals surface area contributed by atoms with E-state index in [0.717, 1.165) is 13.0 Å². The van der Waals surface area contributed by atoms with E-state index >= 15 is 0 Å². The quantitative estimate of drug-likeness (QED) is 0.853.